The SMILES string of the molecule is Cc1cc2c(cnn2C2CCCCO2)c(B2OC(C)(C)C(C)(C)O2)c1CCO[Si](C)(C)C(C)(C)C. The van der Waals surface area contributed by atoms with Crippen molar-refractivity contribution < 1.29 is 18.5 Å². The van der Waals surface area contributed by atoms with E-state index in [1.54, 1.807) is 0 Å². The molecule has 0 bridgehead atoms. The van der Waals surface area contributed by atoms with Gasteiger partial charge in [-0.15, -0.1) is 0 Å². The van der Waals surface area contributed by atoms with Crippen molar-refractivity contribution in [2.45, 2.75) is 117 Å². The molecule has 1 aromatic carbocycles. The summed E-state index contributed by atoms with van der Waals surface area (Å²) in [5.74, 6) is 0. The van der Waals surface area contributed by atoms with E-state index in [0.29, 0.717) is 6.61 Å². The van der Waals surface area contributed by atoms with Gasteiger partial charge < -0.3 is 18.5 Å². The van der Waals surface area contributed by atoms with Gasteiger partial charge in [-0.3, -0.25) is 0 Å². The van der Waals surface area contributed by atoms with Crippen LogP contribution in [0.1, 0.15) is 85.1 Å². The number of fused-ring (bicyclic) bond motifs is 1. The lowest BCUT2D eigenvalue weighted by molar-refractivity contribution is -0.0366. The fourth-order valence-electron chi connectivity index (χ4n) is 4.72. The second kappa shape index (κ2) is 9.28. The van der Waals surface area contributed by atoms with Gasteiger partial charge in [0.05, 0.1) is 22.9 Å². The molecule has 4 rings (SSSR count). The third-order valence-electron chi connectivity index (χ3n) is 8.82. The molecule has 2 aromatic rings. The highest BCUT2D eigenvalue weighted by Crippen LogP contribution is 2.39. The molecule has 1 atom stereocenters. The van der Waals surface area contributed by atoms with Crippen LogP contribution >= 0.6 is 0 Å². The number of hydrogen-bond acceptors (Lipinski definition) is 5. The van der Waals surface area contributed by atoms with E-state index in [9.17, 15) is 0 Å². The summed E-state index contributed by atoms with van der Waals surface area (Å²) >= 11 is 0. The lowest BCUT2D eigenvalue weighted by atomic mass is 9.72. The molecular weight excluding hydrogens is 455 g/mol. The van der Waals surface area contributed by atoms with E-state index >= 15 is 0 Å². The lowest BCUT2D eigenvalue weighted by Gasteiger charge is -2.36. The molecule has 2 fully saturated rings. The normalized spacial score (nSPS) is 22.8. The van der Waals surface area contributed by atoms with Crippen molar-refractivity contribution in [3.8, 4) is 0 Å². The first-order valence-corrected chi connectivity index (χ1v) is 16.2. The Bertz CT molecular complexity index is 1050. The van der Waals surface area contributed by atoms with Crippen LogP contribution in [0.25, 0.3) is 10.9 Å². The number of aromatic nitrogens is 2. The zero-order valence-corrected chi connectivity index (χ0v) is 24.6. The molecule has 194 valence electrons. The van der Waals surface area contributed by atoms with Crippen molar-refractivity contribution in [1.82, 2.24) is 9.78 Å². The Hall–Kier alpha value is -1.19. The fourth-order valence-corrected chi connectivity index (χ4v) is 5.77. The maximum absolute atomic E-state index is 6.59. The Labute approximate surface area is 213 Å². The molecule has 2 saturated heterocycles. The summed E-state index contributed by atoms with van der Waals surface area (Å²) in [7, 11) is -2.29. The highest BCUT2D eigenvalue weighted by Gasteiger charge is 2.53. The third kappa shape index (κ3) is 5.02. The molecule has 0 spiro atoms. The van der Waals surface area contributed by atoms with Crippen molar-refractivity contribution in [1.29, 1.82) is 0 Å². The van der Waals surface area contributed by atoms with Gasteiger partial charge in [0, 0.05) is 18.6 Å². The smallest absolute Gasteiger partial charge is 0.416 e. The Kier molecular flexibility index (Phi) is 7.12. The van der Waals surface area contributed by atoms with E-state index in [2.05, 4.69) is 79.2 Å². The van der Waals surface area contributed by atoms with Gasteiger partial charge in [-0.25, -0.2) is 4.68 Å². The predicted octanol–water partition coefficient (Wildman–Crippen LogP) is 5.91. The van der Waals surface area contributed by atoms with Crippen molar-refractivity contribution in [2.75, 3.05) is 13.2 Å². The molecule has 2 aliphatic heterocycles. The van der Waals surface area contributed by atoms with Crippen molar-refractivity contribution in [3.63, 3.8) is 0 Å². The lowest BCUT2D eigenvalue weighted by Crippen LogP contribution is -2.42. The summed E-state index contributed by atoms with van der Waals surface area (Å²) in [6.45, 7) is 23.6. The van der Waals surface area contributed by atoms with Crippen LogP contribution in [0, 0.1) is 6.92 Å². The summed E-state index contributed by atoms with van der Waals surface area (Å²) in [4.78, 5) is 0. The van der Waals surface area contributed by atoms with E-state index < -0.39 is 26.6 Å². The maximum Gasteiger partial charge on any atom is 0.495 e. The Morgan fingerprint density at radius 1 is 1.14 bits per heavy atom. The number of hydrogen-bond donors (Lipinski definition) is 0. The Balaban J connectivity index is 1.75. The second-order valence-electron chi connectivity index (χ2n) is 12.9. The monoisotopic (exact) mass is 500 g/mol. The topological polar surface area (TPSA) is 54.7 Å². The van der Waals surface area contributed by atoms with Gasteiger partial charge in [0.15, 0.2) is 14.5 Å². The minimum atomic E-state index is -1.84. The summed E-state index contributed by atoms with van der Waals surface area (Å²) in [6, 6.07) is 2.26. The highest BCUT2D eigenvalue weighted by molar-refractivity contribution is 6.74. The quantitative estimate of drug-likeness (QED) is 0.462. The van der Waals surface area contributed by atoms with Gasteiger partial charge >= 0.3 is 7.12 Å². The minimum Gasteiger partial charge on any atom is -0.416 e. The number of ether oxygens (including phenoxy) is 1. The summed E-state index contributed by atoms with van der Waals surface area (Å²) in [5.41, 5.74) is 3.83. The van der Waals surface area contributed by atoms with Gasteiger partial charge in [0.2, 0.25) is 0 Å². The first-order chi connectivity index (χ1) is 16.1. The molecule has 0 amide bonds. The molecule has 6 nitrogen and oxygen atoms in total. The van der Waals surface area contributed by atoms with Crippen LogP contribution in [0.15, 0.2) is 12.3 Å². The zero-order valence-electron chi connectivity index (χ0n) is 23.6. The van der Waals surface area contributed by atoms with Crippen molar-refractivity contribution in [3.05, 3.63) is 23.4 Å². The van der Waals surface area contributed by atoms with Crippen molar-refractivity contribution in [2.24, 2.45) is 0 Å². The fraction of sp³-hybridized carbons (Fsp3) is 0.741. The molecule has 0 N–H and O–H groups in total. The number of rotatable bonds is 6. The second-order valence-corrected chi connectivity index (χ2v) is 17.7. The molecule has 0 radical (unpaired) electrons. The molecule has 35 heavy (non-hydrogen) atoms. The van der Waals surface area contributed by atoms with E-state index in [1.807, 2.05) is 6.20 Å². The third-order valence-corrected chi connectivity index (χ3v) is 13.4. The van der Waals surface area contributed by atoms with Gasteiger partial charge in [-0.2, -0.15) is 5.10 Å². The molecular formula is C27H45BN2O4Si. The molecule has 2 aliphatic rings. The van der Waals surface area contributed by atoms with Crippen molar-refractivity contribution >= 4 is 31.8 Å². The highest BCUT2D eigenvalue weighted by atomic mass is 28.4. The Morgan fingerprint density at radius 3 is 2.37 bits per heavy atom. The zero-order chi connectivity index (χ0) is 25.8. The van der Waals surface area contributed by atoms with Crippen LogP contribution in [0.4, 0.5) is 0 Å². The first-order valence-electron chi connectivity index (χ1n) is 13.3. The van der Waals surface area contributed by atoms with Crippen LogP contribution in [0.3, 0.4) is 0 Å². The van der Waals surface area contributed by atoms with Crippen LogP contribution < -0.4 is 5.46 Å². The van der Waals surface area contributed by atoms with E-state index in [1.165, 1.54) is 11.1 Å². The average Bonchev–Trinajstić information content (AvgIpc) is 3.24. The maximum atomic E-state index is 6.59. The first kappa shape index (κ1) is 26.9. The molecule has 3 heterocycles. The summed E-state index contributed by atoms with van der Waals surface area (Å²) in [6.07, 6.45) is 6.05. The minimum absolute atomic E-state index is 0.0143. The number of nitrogens with zero attached hydrogens (tertiary/aromatic N) is 2. The molecule has 0 saturated carbocycles. The van der Waals surface area contributed by atoms with Gasteiger partial charge in [-0.1, -0.05) is 20.8 Å². The van der Waals surface area contributed by atoms with Crippen LogP contribution in [-0.4, -0.2) is 49.6 Å². The van der Waals surface area contributed by atoms with Gasteiger partial charge in [-0.05, 0) is 101 Å². The van der Waals surface area contributed by atoms with Gasteiger partial charge in [0.1, 0.15) is 0 Å². The molecule has 0 aliphatic carbocycles. The summed E-state index contributed by atoms with van der Waals surface area (Å²) < 4.78 is 27.9. The predicted molar refractivity (Wildman–Crippen MR) is 146 cm³/mol. The van der Waals surface area contributed by atoms with E-state index in [-0.39, 0.29) is 11.3 Å². The van der Waals surface area contributed by atoms with Gasteiger partial charge in [0.25, 0.3) is 0 Å². The molecule has 1 aromatic heterocycles. The Morgan fingerprint density at radius 2 is 1.80 bits per heavy atom. The van der Waals surface area contributed by atoms with E-state index in [4.69, 9.17) is 23.6 Å². The van der Waals surface area contributed by atoms with Crippen LogP contribution in [-0.2, 0) is 24.9 Å². The number of aryl methyl sites for hydroxylation is 1. The average molecular weight is 501 g/mol. The number of benzene rings is 1. The molecule has 8 heteroatoms. The largest absolute Gasteiger partial charge is 0.495 e. The summed E-state index contributed by atoms with van der Waals surface area (Å²) in [5, 5.41) is 6.08. The van der Waals surface area contributed by atoms with Crippen LogP contribution in [0.2, 0.25) is 18.1 Å². The van der Waals surface area contributed by atoms with Crippen LogP contribution in [0.5, 0.6) is 0 Å². The van der Waals surface area contributed by atoms with E-state index in [0.717, 1.165) is 48.7 Å². The standard InChI is InChI=1S/C27H45BN2O4Si/c1-19-17-22-21(18-29-30(22)23-13-11-12-15-31-23)24(28-33-26(5,6)27(7,8)34-28)20(19)14-16-32-35(9,10)25(2,3)4/h17-18,23H,11-16H2,1-10H3. The molecule has 1 unspecified atom stereocenters.